The Balaban J connectivity index is 1.75. The molecule has 1 unspecified atom stereocenters. The molecule has 0 saturated carbocycles. The van der Waals surface area contributed by atoms with Gasteiger partial charge in [0, 0.05) is 32.6 Å². The molecule has 17 heavy (non-hydrogen) atoms. The lowest BCUT2D eigenvalue weighted by atomic mass is 10.1. The molecule has 0 bridgehead atoms. The van der Waals surface area contributed by atoms with Gasteiger partial charge in [-0.25, -0.2) is 0 Å². The summed E-state index contributed by atoms with van der Waals surface area (Å²) in [5.74, 6) is -0.0792. The molecular weight excluding hydrogens is 216 g/mol. The van der Waals surface area contributed by atoms with E-state index in [0.717, 1.165) is 32.9 Å². The summed E-state index contributed by atoms with van der Waals surface area (Å²) in [5, 5.41) is 0. The maximum Gasteiger partial charge on any atom is 0.179 e. The normalized spacial score (nSPS) is 37.4. The highest BCUT2D eigenvalue weighted by Gasteiger charge is 2.46. The van der Waals surface area contributed by atoms with E-state index in [-0.39, 0.29) is 5.85 Å². The van der Waals surface area contributed by atoms with Gasteiger partial charge in [0.05, 0.1) is 19.8 Å². The van der Waals surface area contributed by atoms with E-state index in [4.69, 9.17) is 9.47 Å². The van der Waals surface area contributed by atoms with Crippen LogP contribution in [0.4, 0.5) is 0 Å². The zero-order valence-corrected chi connectivity index (χ0v) is 10.7. The number of likely N-dealkylation sites (tertiary alicyclic amines) is 1. The summed E-state index contributed by atoms with van der Waals surface area (Å²) in [6.07, 6.45) is 6.42. The van der Waals surface area contributed by atoms with Crippen LogP contribution in [-0.2, 0) is 9.47 Å². The molecule has 3 aliphatic heterocycles. The smallest absolute Gasteiger partial charge is 0.179 e. The van der Waals surface area contributed by atoms with E-state index in [1.54, 1.807) is 0 Å². The molecule has 3 aliphatic rings. The quantitative estimate of drug-likeness (QED) is 0.725. The number of ether oxygens (including phenoxy) is 2. The molecule has 0 amide bonds. The molecule has 98 valence electrons. The third kappa shape index (κ3) is 2.24. The van der Waals surface area contributed by atoms with Gasteiger partial charge in [-0.3, -0.25) is 9.80 Å². The fraction of sp³-hybridized carbons (Fsp3) is 1.00. The standard InChI is InChI=1S/C13H24N2O2/c1-2-6-14(7-3-1)13(5-4-10-17-13)15-8-11-16-12-9-15/h1-12H2. The Kier molecular flexibility index (Phi) is 3.66. The lowest BCUT2D eigenvalue weighted by molar-refractivity contribution is -0.240. The highest BCUT2D eigenvalue weighted by atomic mass is 16.5. The van der Waals surface area contributed by atoms with Crippen LogP contribution in [0.5, 0.6) is 0 Å². The van der Waals surface area contributed by atoms with Gasteiger partial charge in [0.15, 0.2) is 5.85 Å². The summed E-state index contributed by atoms with van der Waals surface area (Å²) in [6.45, 7) is 7.10. The molecule has 4 heteroatoms. The molecule has 0 aromatic carbocycles. The van der Waals surface area contributed by atoms with Crippen molar-refractivity contribution in [2.45, 2.75) is 38.0 Å². The molecule has 0 aliphatic carbocycles. The molecule has 1 atom stereocenters. The molecule has 0 radical (unpaired) electrons. The Hall–Kier alpha value is -0.160. The Labute approximate surface area is 104 Å². The number of piperidine rings is 1. The number of rotatable bonds is 2. The predicted molar refractivity (Wildman–Crippen MR) is 65.7 cm³/mol. The summed E-state index contributed by atoms with van der Waals surface area (Å²) >= 11 is 0. The molecule has 4 nitrogen and oxygen atoms in total. The number of morpholine rings is 1. The Morgan fingerprint density at radius 1 is 0.706 bits per heavy atom. The lowest BCUT2D eigenvalue weighted by Gasteiger charge is -2.50. The van der Waals surface area contributed by atoms with Crippen molar-refractivity contribution in [2.24, 2.45) is 0 Å². The Morgan fingerprint density at radius 2 is 1.41 bits per heavy atom. The maximum absolute atomic E-state index is 6.22. The second-order valence-electron chi connectivity index (χ2n) is 5.34. The number of hydrogen-bond acceptors (Lipinski definition) is 4. The first kappa shape index (κ1) is 11.9. The zero-order chi connectivity index (χ0) is 11.6. The first-order chi connectivity index (χ1) is 8.42. The van der Waals surface area contributed by atoms with E-state index >= 15 is 0 Å². The van der Waals surface area contributed by atoms with Crippen LogP contribution in [0.1, 0.15) is 32.1 Å². The lowest BCUT2D eigenvalue weighted by Crippen LogP contribution is -2.63. The van der Waals surface area contributed by atoms with Gasteiger partial charge in [-0.05, 0) is 19.3 Å². The molecule has 0 aromatic rings. The van der Waals surface area contributed by atoms with E-state index in [1.807, 2.05) is 0 Å². The van der Waals surface area contributed by atoms with E-state index in [9.17, 15) is 0 Å². The monoisotopic (exact) mass is 240 g/mol. The minimum Gasteiger partial charge on any atom is -0.379 e. The third-order valence-corrected chi connectivity index (χ3v) is 4.34. The van der Waals surface area contributed by atoms with E-state index in [1.165, 1.54) is 45.2 Å². The Morgan fingerprint density at radius 3 is 2.06 bits per heavy atom. The van der Waals surface area contributed by atoms with Gasteiger partial charge in [-0.1, -0.05) is 6.42 Å². The van der Waals surface area contributed by atoms with Crippen molar-refractivity contribution in [2.75, 3.05) is 46.0 Å². The van der Waals surface area contributed by atoms with Crippen LogP contribution in [0.25, 0.3) is 0 Å². The molecule has 3 rings (SSSR count). The molecule has 0 aromatic heterocycles. The average Bonchev–Trinajstić information content (AvgIpc) is 2.91. The molecule has 0 N–H and O–H groups in total. The number of nitrogens with zero attached hydrogens (tertiary/aromatic N) is 2. The number of hydrogen-bond donors (Lipinski definition) is 0. The second-order valence-corrected chi connectivity index (χ2v) is 5.34. The van der Waals surface area contributed by atoms with Gasteiger partial charge in [-0.2, -0.15) is 0 Å². The molecule has 3 heterocycles. The Bertz CT molecular complexity index is 222. The summed E-state index contributed by atoms with van der Waals surface area (Å²) in [4.78, 5) is 5.11. The summed E-state index contributed by atoms with van der Waals surface area (Å²) in [5.41, 5.74) is 0. The van der Waals surface area contributed by atoms with Crippen LogP contribution >= 0.6 is 0 Å². The zero-order valence-electron chi connectivity index (χ0n) is 10.7. The topological polar surface area (TPSA) is 24.9 Å². The van der Waals surface area contributed by atoms with Crippen LogP contribution in [0.2, 0.25) is 0 Å². The fourth-order valence-electron chi connectivity index (χ4n) is 3.47. The summed E-state index contributed by atoms with van der Waals surface area (Å²) in [7, 11) is 0. The third-order valence-electron chi connectivity index (χ3n) is 4.34. The summed E-state index contributed by atoms with van der Waals surface area (Å²) < 4.78 is 11.7. The average molecular weight is 240 g/mol. The van der Waals surface area contributed by atoms with E-state index in [2.05, 4.69) is 9.80 Å². The van der Waals surface area contributed by atoms with Crippen molar-refractivity contribution in [3.8, 4) is 0 Å². The van der Waals surface area contributed by atoms with E-state index < -0.39 is 0 Å². The highest BCUT2D eigenvalue weighted by molar-refractivity contribution is 4.88. The van der Waals surface area contributed by atoms with Crippen molar-refractivity contribution in [1.82, 2.24) is 9.80 Å². The second kappa shape index (κ2) is 5.22. The van der Waals surface area contributed by atoms with Crippen LogP contribution in [0.3, 0.4) is 0 Å². The first-order valence-corrected chi connectivity index (χ1v) is 7.14. The van der Waals surface area contributed by atoms with Crippen LogP contribution in [0.15, 0.2) is 0 Å². The SMILES string of the molecule is C1CCN(C2(N3CCOCC3)CCCO2)CC1. The molecule has 0 spiro atoms. The minimum absolute atomic E-state index is 0.0792. The van der Waals surface area contributed by atoms with Gasteiger partial charge in [0.25, 0.3) is 0 Å². The van der Waals surface area contributed by atoms with Crippen LogP contribution in [-0.4, -0.2) is 61.6 Å². The van der Waals surface area contributed by atoms with Crippen LogP contribution in [0, 0.1) is 0 Å². The maximum atomic E-state index is 6.22. The van der Waals surface area contributed by atoms with E-state index in [0.29, 0.717) is 0 Å². The van der Waals surface area contributed by atoms with Gasteiger partial charge in [-0.15, -0.1) is 0 Å². The molecule has 3 fully saturated rings. The van der Waals surface area contributed by atoms with Gasteiger partial charge in [0.2, 0.25) is 0 Å². The largest absolute Gasteiger partial charge is 0.379 e. The van der Waals surface area contributed by atoms with Gasteiger partial charge < -0.3 is 9.47 Å². The van der Waals surface area contributed by atoms with Gasteiger partial charge >= 0.3 is 0 Å². The van der Waals surface area contributed by atoms with Crippen molar-refractivity contribution in [1.29, 1.82) is 0 Å². The van der Waals surface area contributed by atoms with Crippen LogP contribution < -0.4 is 0 Å². The molecule has 3 saturated heterocycles. The van der Waals surface area contributed by atoms with Crippen molar-refractivity contribution >= 4 is 0 Å². The first-order valence-electron chi connectivity index (χ1n) is 7.14. The van der Waals surface area contributed by atoms with Crippen molar-refractivity contribution in [3.05, 3.63) is 0 Å². The summed E-state index contributed by atoms with van der Waals surface area (Å²) in [6, 6.07) is 0. The van der Waals surface area contributed by atoms with Gasteiger partial charge in [0.1, 0.15) is 0 Å². The van der Waals surface area contributed by atoms with Crippen molar-refractivity contribution in [3.63, 3.8) is 0 Å². The predicted octanol–water partition coefficient (Wildman–Crippen LogP) is 1.27. The molecular formula is C13H24N2O2. The van der Waals surface area contributed by atoms with Crippen molar-refractivity contribution < 1.29 is 9.47 Å². The fourth-order valence-corrected chi connectivity index (χ4v) is 3.47. The minimum atomic E-state index is -0.0792. The highest BCUT2D eigenvalue weighted by Crippen LogP contribution is 2.35.